The fraction of sp³-hybridized carbons (Fsp3) is 0.467. The maximum atomic E-state index is 12.2. The molecule has 0 aromatic heterocycles. The molecule has 0 fully saturated rings. The molecule has 2 amide bonds. The van der Waals surface area contributed by atoms with Crippen molar-refractivity contribution in [2.45, 2.75) is 19.8 Å². The van der Waals surface area contributed by atoms with Gasteiger partial charge in [0, 0.05) is 31.4 Å². The van der Waals surface area contributed by atoms with Crippen LogP contribution < -0.4 is 10.6 Å². The van der Waals surface area contributed by atoms with Crippen LogP contribution in [0.5, 0.6) is 0 Å². The summed E-state index contributed by atoms with van der Waals surface area (Å²) < 4.78 is 0. The van der Waals surface area contributed by atoms with Crippen LogP contribution in [-0.2, 0) is 11.2 Å². The highest BCUT2D eigenvalue weighted by Gasteiger charge is 2.18. The average molecular weight is 275 g/mol. The molecule has 5 nitrogen and oxygen atoms in total. The van der Waals surface area contributed by atoms with E-state index in [1.54, 1.807) is 11.9 Å². The van der Waals surface area contributed by atoms with Gasteiger partial charge < -0.3 is 15.5 Å². The summed E-state index contributed by atoms with van der Waals surface area (Å²) in [5, 5.41) is 6.00. The predicted octanol–water partition coefficient (Wildman–Crippen LogP) is 1.25. The Bertz CT molecular complexity index is 514. The Balaban J connectivity index is 2.05. The minimum absolute atomic E-state index is 0.0419. The predicted molar refractivity (Wildman–Crippen MR) is 78.9 cm³/mol. The summed E-state index contributed by atoms with van der Waals surface area (Å²) in [7, 11) is 1.72. The molecule has 20 heavy (non-hydrogen) atoms. The number of fused-ring (bicyclic) bond motifs is 1. The van der Waals surface area contributed by atoms with Crippen LogP contribution >= 0.6 is 0 Å². The van der Waals surface area contributed by atoms with E-state index in [2.05, 4.69) is 10.6 Å². The van der Waals surface area contributed by atoms with E-state index in [1.807, 2.05) is 25.1 Å². The molecule has 0 spiro atoms. The number of carbonyl (C=O) groups is 2. The molecule has 2 N–H and O–H groups in total. The van der Waals surface area contributed by atoms with E-state index in [0.29, 0.717) is 12.1 Å². The SMILES string of the molecule is CCN(C)C(=O)CNC(=O)c1cccc2c1CCCN2. The summed E-state index contributed by atoms with van der Waals surface area (Å²) in [5.41, 5.74) is 2.75. The number of nitrogens with one attached hydrogen (secondary N) is 2. The Kier molecular flexibility index (Phi) is 4.61. The number of hydrogen-bond acceptors (Lipinski definition) is 3. The second-order valence-corrected chi connectivity index (χ2v) is 4.95. The Morgan fingerprint density at radius 1 is 1.40 bits per heavy atom. The smallest absolute Gasteiger partial charge is 0.252 e. The third-order valence-electron chi connectivity index (χ3n) is 3.64. The van der Waals surface area contributed by atoms with Crippen molar-refractivity contribution in [3.63, 3.8) is 0 Å². The number of amides is 2. The maximum absolute atomic E-state index is 12.2. The number of rotatable bonds is 4. The summed E-state index contributed by atoms with van der Waals surface area (Å²) in [5.74, 6) is -0.257. The van der Waals surface area contributed by atoms with Gasteiger partial charge in [-0.3, -0.25) is 9.59 Å². The second-order valence-electron chi connectivity index (χ2n) is 4.95. The van der Waals surface area contributed by atoms with E-state index in [1.165, 1.54) is 0 Å². The van der Waals surface area contributed by atoms with Crippen molar-refractivity contribution in [3.8, 4) is 0 Å². The summed E-state index contributed by atoms with van der Waals surface area (Å²) in [6, 6.07) is 5.67. The molecule has 0 saturated heterocycles. The third-order valence-corrected chi connectivity index (χ3v) is 3.64. The first-order valence-corrected chi connectivity index (χ1v) is 7.01. The number of hydrogen-bond donors (Lipinski definition) is 2. The van der Waals surface area contributed by atoms with Crippen molar-refractivity contribution < 1.29 is 9.59 Å². The van der Waals surface area contributed by atoms with E-state index in [9.17, 15) is 9.59 Å². The van der Waals surface area contributed by atoms with Crippen molar-refractivity contribution >= 4 is 17.5 Å². The highest BCUT2D eigenvalue weighted by molar-refractivity contribution is 5.99. The molecule has 1 heterocycles. The topological polar surface area (TPSA) is 61.4 Å². The van der Waals surface area contributed by atoms with Gasteiger partial charge in [0.05, 0.1) is 6.54 Å². The molecule has 108 valence electrons. The van der Waals surface area contributed by atoms with E-state index in [-0.39, 0.29) is 18.4 Å². The molecule has 0 radical (unpaired) electrons. The molecule has 1 aromatic rings. The lowest BCUT2D eigenvalue weighted by Gasteiger charge is -2.21. The summed E-state index contributed by atoms with van der Waals surface area (Å²) in [6.07, 6.45) is 1.92. The zero-order valence-electron chi connectivity index (χ0n) is 12.0. The van der Waals surface area contributed by atoms with E-state index in [0.717, 1.165) is 30.6 Å². The van der Waals surface area contributed by atoms with Gasteiger partial charge in [-0.1, -0.05) is 6.07 Å². The van der Waals surface area contributed by atoms with Crippen molar-refractivity contribution in [3.05, 3.63) is 29.3 Å². The molecule has 0 unspecified atom stereocenters. The van der Waals surface area contributed by atoms with Crippen molar-refractivity contribution in [1.29, 1.82) is 0 Å². The van der Waals surface area contributed by atoms with Crippen LogP contribution in [0.4, 0.5) is 5.69 Å². The highest BCUT2D eigenvalue weighted by atomic mass is 16.2. The van der Waals surface area contributed by atoms with Gasteiger partial charge in [0.15, 0.2) is 0 Å². The number of anilines is 1. The van der Waals surface area contributed by atoms with E-state index >= 15 is 0 Å². The Hall–Kier alpha value is -2.04. The number of benzene rings is 1. The normalized spacial score (nSPS) is 13.1. The number of nitrogens with zero attached hydrogens (tertiary/aromatic N) is 1. The van der Waals surface area contributed by atoms with Gasteiger partial charge in [0.25, 0.3) is 5.91 Å². The van der Waals surface area contributed by atoms with Crippen LogP contribution in [0, 0.1) is 0 Å². The maximum Gasteiger partial charge on any atom is 0.252 e. The molecule has 1 aromatic carbocycles. The lowest BCUT2D eigenvalue weighted by molar-refractivity contribution is -0.128. The zero-order chi connectivity index (χ0) is 14.5. The minimum atomic E-state index is -0.177. The van der Waals surface area contributed by atoms with E-state index in [4.69, 9.17) is 0 Å². The van der Waals surface area contributed by atoms with Gasteiger partial charge in [-0.05, 0) is 37.5 Å². The largest absolute Gasteiger partial charge is 0.385 e. The van der Waals surface area contributed by atoms with Crippen molar-refractivity contribution in [2.75, 3.05) is 32.0 Å². The van der Waals surface area contributed by atoms with Crippen LogP contribution in [0.3, 0.4) is 0 Å². The van der Waals surface area contributed by atoms with Crippen molar-refractivity contribution in [2.24, 2.45) is 0 Å². The first kappa shape index (κ1) is 14.4. The molecule has 1 aliphatic heterocycles. The molecule has 1 aliphatic rings. The summed E-state index contributed by atoms with van der Waals surface area (Å²) in [6.45, 7) is 3.52. The van der Waals surface area contributed by atoms with Crippen molar-refractivity contribution in [1.82, 2.24) is 10.2 Å². The fourth-order valence-corrected chi connectivity index (χ4v) is 2.29. The van der Waals surface area contributed by atoms with Gasteiger partial charge in [0.1, 0.15) is 0 Å². The molecule has 0 saturated carbocycles. The first-order chi connectivity index (χ1) is 9.63. The van der Waals surface area contributed by atoms with Gasteiger partial charge in [0.2, 0.25) is 5.91 Å². The second kappa shape index (κ2) is 6.41. The fourth-order valence-electron chi connectivity index (χ4n) is 2.29. The van der Waals surface area contributed by atoms with Gasteiger partial charge in [-0.15, -0.1) is 0 Å². The molecule has 0 aliphatic carbocycles. The van der Waals surface area contributed by atoms with Gasteiger partial charge in [-0.25, -0.2) is 0 Å². The zero-order valence-corrected chi connectivity index (χ0v) is 12.0. The van der Waals surface area contributed by atoms with Gasteiger partial charge in [-0.2, -0.15) is 0 Å². The van der Waals surface area contributed by atoms with Crippen LogP contribution in [-0.4, -0.2) is 43.4 Å². The molecular formula is C15H21N3O2. The minimum Gasteiger partial charge on any atom is -0.385 e. The highest BCUT2D eigenvalue weighted by Crippen LogP contribution is 2.25. The molecule has 2 rings (SSSR count). The Labute approximate surface area is 119 Å². The first-order valence-electron chi connectivity index (χ1n) is 7.01. The molecule has 5 heteroatoms. The van der Waals surface area contributed by atoms with Crippen LogP contribution in [0.1, 0.15) is 29.3 Å². The number of likely N-dealkylation sites (N-methyl/N-ethyl adjacent to an activating group) is 1. The monoisotopic (exact) mass is 275 g/mol. The molecular weight excluding hydrogens is 254 g/mol. The quantitative estimate of drug-likeness (QED) is 0.869. The number of carbonyl (C=O) groups excluding carboxylic acids is 2. The Morgan fingerprint density at radius 2 is 2.20 bits per heavy atom. The van der Waals surface area contributed by atoms with Gasteiger partial charge >= 0.3 is 0 Å². The lowest BCUT2D eigenvalue weighted by atomic mass is 9.97. The van der Waals surface area contributed by atoms with Crippen LogP contribution in [0.25, 0.3) is 0 Å². The summed E-state index contributed by atoms with van der Waals surface area (Å²) in [4.78, 5) is 25.5. The van der Waals surface area contributed by atoms with Crippen LogP contribution in [0.15, 0.2) is 18.2 Å². The standard InChI is InChI=1S/C15H21N3O2/c1-3-18(2)14(19)10-17-15(20)12-6-4-8-13-11(12)7-5-9-16-13/h4,6,8,16H,3,5,7,9-10H2,1-2H3,(H,17,20). The Morgan fingerprint density at radius 3 is 2.95 bits per heavy atom. The summed E-state index contributed by atoms with van der Waals surface area (Å²) >= 11 is 0. The van der Waals surface area contributed by atoms with Crippen LogP contribution in [0.2, 0.25) is 0 Å². The third kappa shape index (κ3) is 3.10. The lowest BCUT2D eigenvalue weighted by Crippen LogP contribution is -2.38. The average Bonchev–Trinajstić information content (AvgIpc) is 2.50. The molecule has 0 atom stereocenters. The molecule has 0 bridgehead atoms. The van der Waals surface area contributed by atoms with E-state index < -0.39 is 0 Å².